The Hall–Kier alpha value is -3.02. The van der Waals surface area contributed by atoms with Gasteiger partial charge in [-0.1, -0.05) is 76.9 Å². The summed E-state index contributed by atoms with van der Waals surface area (Å²) >= 11 is 0. The van der Waals surface area contributed by atoms with Crippen LogP contribution < -0.4 is 20.1 Å². The third kappa shape index (κ3) is 10.0. The van der Waals surface area contributed by atoms with Crippen LogP contribution in [0.4, 0.5) is 0 Å². The topological polar surface area (TPSA) is 76.7 Å². The van der Waals surface area contributed by atoms with Crippen molar-refractivity contribution in [3.8, 4) is 11.5 Å². The van der Waals surface area contributed by atoms with Gasteiger partial charge in [-0.15, -0.1) is 0 Å². The predicted molar refractivity (Wildman–Crippen MR) is 155 cm³/mol. The normalized spacial score (nSPS) is 14.2. The molecule has 0 saturated carbocycles. The van der Waals surface area contributed by atoms with E-state index in [0.717, 1.165) is 61.2 Å². The molecule has 0 aromatic heterocycles. The second-order valence-corrected chi connectivity index (χ2v) is 10.2. The number of ether oxygens (including phenoxy) is 2. The first-order chi connectivity index (χ1) is 18.3. The van der Waals surface area contributed by atoms with Crippen LogP contribution in [0.3, 0.4) is 0 Å². The second-order valence-electron chi connectivity index (χ2n) is 10.2. The van der Waals surface area contributed by atoms with Gasteiger partial charge in [0.05, 0.1) is 0 Å². The summed E-state index contributed by atoms with van der Waals surface area (Å²) in [4.78, 5) is 25.0. The van der Waals surface area contributed by atoms with Gasteiger partial charge >= 0.3 is 0 Å². The maximum atomic E-state index is 12.5. The predicted octanol–water partition coefficient (Wildman–Crippen LogP) is 6.74. The summed E-state index contributed by atoms with van der Waals surface area (Å²) in [6, 6.07) is 15.9. The molecule has 0 spiro atoms. The molecular weight excluding hydrogens is 476 g/mol. The Kier molecular flexibility index (Phi) is 13.7. The van der Waals surface area contributed by atoms with Gasteiger partial charge in [-0.3, -0.25) is 9.59 Å². The van der Waals surface area contributed by atoms with Crippen LogP contribution in [0.15, 0.2) is 48.5 Å². The summed E-state index contributed by atoms with van der Waals surface area (Å²) in [5.74, 6) is 2.14. The fourth-order valence-electron chi connectivity index (χ4n) is 4.23. The molecule has 0 radical (unpaired) electrons. The van der Waals surface area contributed by atoms with Gasteiger partial charge in [0.15, 0.2) is 12.2 Å². The zero-order chi connectivity index (χ0) is 27.9. The number of hydrogen-bond acceptors (Lipinski definition) is 4. The fourth-order valence-corrected chi connectivity index (χ4v) is 4.23. The molecule has 4 unspecified atom stereocenters. The van der Waals surface area contributed by atoms with Gasteiger partial charge in [-0.25, -0.2) is 0 Å². The van der Waals surface area contributed by atoms with E-state index in [-0.39, 0.29) is 11.8 Å². The lowest BCUT2D eigenvalue weighted by atomic mass is 9.98. The number of amides is 2. The number of carbonyl (C=O) groups is 2. The van der Waals surface area contributed by atoms with Crippen molar-refractivity contribution in [2.75, 3.05) is 13.1 Å². The smallest absolute Gasteiger partial charge is 0.260 e. The number of unbranched alkanes of at least 4 members (excludes halogenated alkanes) is 3. The molecule has 6 nitrogen and oxygen atoms in total. The minimum absolute atomic E-state index is 0.0971. The van der Waals surface area contributed by atoms with Crippen LogP contribution in [0.5, 0.6) is 11.5 Å². The zero-order valence-electron chi connectivity index (χ0n) is 24.2. The van der Waals surface area contributed by atoms with Gasteiger partial charge in [-0.05, 0) is 74.6 Å². The minimum Gasteiger partial charge on any atom is -0.481 e. The maximum Gasteiger partial charge on any atom is 0.260 e. The number of carbonyl (C=O) groups excluding carboxylic acids is 2. The molecule has 2 rings (SSSR count). The van der Waals surface area contributed by atoms with Crippen molar-refractivity contribution >= 4 is 11.8 Å². The lowest BCUT2D eigenvalue weighted by Gasteiger charge is -2.20. The summed E-state index contributed by atoms with van der Waals surface area (Å²) < 4.78 is 12.0. The standard InChI is InChI=1S/C32H48N2O4/c1-7-23(3)27-17-11-13-19-29(27)37-25(5)31(35)33-21-15-9-10-16-22-34-32(36)26(6)38-30-20-14-12-18-28(30)24(4)8-2/h11-14,17-20,23-26H,7-10,15-16,21-22H2,1-6H3,(H,33,35)(H,34,36). The summed E-state index contributed by atoms with van der Waals surface area (Å²) in [5.41, 5.74) is 2.28. The third-order valence-electron chi connectivity index (χ3n) is 7.17. The molecule has 0 aliphatic rings. The first-order valence-electron chi connectivity index (χ1n) is 14.3. The first kappa shape index (κ1) is 31.2. The van der Waals surface area contributed by atoms with Crippen LogP contribution in [-0.4, -0.2) is 37.1 Å². The van der Waals surface area contributed by atoms with Crippen LogP contribution in [0, 0.1) is 0 Å². The molecule has 0 saturated heterocycles. The van der Waals surface area contributed by atoms with E-state index in [2.05, 4.69) is 50.5 Å². The largest absolute Gasteiger partial charge is 0.481 e. The molecule has 2 aromatic rings. The van der Waals surface area contributed by atoms with Crippen molar-refractivity contribution in [1.29, 1.82) is 0 Å². The van der Waals surface area contributed by atoms with Gasteiger partial charge in [0.2, 0.25) is 0 Å². The molecule has 6 heteroatoms. The van der Waals surface area contributed by atoms with E-state index in [0.29, 0.717) is 24.9 Å². The molecular formula is C32H48N2O4. The van der Waals surface area contributed by atoms with E-state index in [1.54, 1.807) is 13.8 Å². The molecule has 2 N–H and O–H groups in total. The van der Waals surface area contributed by atoms with E-state index in [4.69, 9.17) is 9.47 Å². The average molecular weight is 525 g/mol. The van der Waals surface area contributed by atoms with E-state index < -0.39 is 12.2 Å². The van der Waals surface area contributed by atoms with Gasteiger partial charge in [0.1, 0.15) is 11.5 Å². The van der Waals surface area contributed by atoms with E-state index in [1.807, 2.05) is 36.4 Å². The van der Waals surface area contributed by atoms with Crippen molar-refractivity contribution in [3.05, 3.63) is 59.7 Å². The number of rotatable bonds is 17. The summed E-state index contributed by atoms with van der Waals surface area (Å²) in [7, 11) is 0. The van der Waals surface area contributed by atoms with Crippen LogP contribution in [-0.2, 0) is 9.59 Å². The minimum atomic E-state index is -0.545. The monoisotopic (exact) mass is 524 g/mol. The quantitative estimate of drug-likeness (QED) is 0.225. The second kappa shape index (κ2) is 16.7. The number of benzene rings is 2. The Morgan fingerprint density at radius 3 is 1.37 bits per heavy atom. The summed E-state index contributed by atoms with van der Waals surface area (Å²) in [6.45, 7) is 13.4. The van der Waals surface area contributed by atoms with E-state index in [9.17, 15) is 9.59 Å². The molecule has 210 valence electrons. The van der Waals surface area contributed by atoms with Crippen LogP contribution in [0.25, 0.3) is 0 Å². The Bertz CT molecular complexity index is 913. The van der Waals surface area contributed by atoms with E-state index >= 15 is 0 Å². The number of para-hydroxylation sites is 2. The molecule has 38 heavy (non-hydrogen) atoms. The Morgan fingerprint density at radius 2 is 1.00 bits per heavy atom. The first-order valence-corrected chi connectivity index (χ1v) is 14.3. The van der Waals surface area contributed by atoms with Gasteiger partial charge in [-0.2, -0.15) is 0 Å². The highest BCUT2D eigenvalue weighted by molar-refractivity contribution is 5.81. The molecule has 0 heterocycles. The van der Waals surface area contributed by atoms with Crippen molar-refractivity contribution in [2.24, 2.45) is 0 Å². The zero-order valence-corrected chi connectivity index (χ0v) is 24.2. The molecule has 0 bridgehead atoms. The molecule has 0 fully saturated rings. The van der Waals surface area contributed by atoms with Gasteiger partial charge < -0.3 is 20.1 Å². The molecule has 0 aliphatic carbocycles. The molecule has 4 atom stereocenters. The highest BCUT2D eigenvalue weighted by Crippen LogP contribution is 2.30. The highest BCUT2D eigenvalue weighted by Gasteiger charge is 2.18. The van der Waals surface area contributed by atoms with Gasteiger partial charge in [0, 0.05) is 13.1 Å². The van der Waals surface area contributed by atoms with Crippen LogP contribution in [0.1, 0.15) is 103 Å². The van der Waals surface area contributed by atoms with Gasteiger partial charge in [0.25, 0.3) is 11.8 Å². The molecule has 2 aromatic carbocycles. The Balaban J connectivity index is 1.60. The molecule has 0 aliphatic heterocycles. The lowest BCUT2D eigenvalue weighted by molar-refractivity contribution is -0.128. The summed E-state index contributed by atoms with van der Waals surface area (Å²) in [6.07, 6.45) is 4.69. The number of hydrogen-bond donors (Lipinski definition) is 2. The third-order valence-corrected chi connectivity index (χ3v) is 7.17. The van der Waals surface area contributed by atoms with Crippen molar-refractivity contribution < 1.29 is 19.1 Å². The maximum absolute atomic E-state index is 12.5. The Morgan fingerprint density at radius 1 is 0.632 bits per heavy atom. The van der Waals surface area contributed by atoms with E-state index in [1.165, 1.54) is 0 Å². The Labute approximate surface area is 229 Å². The number of nitrogens with one attached hydrogen (secondary N) is 2. The van der Waals surface area contributed by atoms with Crippen LogP contribution in [0.2, 0.25) is 0 Å². The fraction of sp³-hybridized carbons (Fsp3) is 0.562. The van der Waals surface area contributed by atoms with Crippen molar-refractivity contribution in [1.82, 2.24) is 10.6 Å². The molecule has 2 amide bonds. The van der Waals surface area contributed by atoms with Crippen molar-refractivity contribution in [3.63, 3.8) is 0 Å². The lowest BCUT2D eigenvalue weighted by Crippen LogP contribution is -2.37. The SMILES string of the molecule is CCC(C)c1ccccc1OC(C)C(=O)NCCCCCCNC(=O)C(C)Oc1ccccc1C(C)CC. The highest BCUT2D eigenvalue weighted by atomic mass is 16.5. The average Bonchev–Trinajstić information content (AvgIpc) is 2.93. The van der Waals surface area contributed by atoms with Crippen molar-refractivity contribution in [2.45, 2.75) is 104 Å². The van der Waals surface area contributed by atoms with Crippen LogP contribution >= 0.6 is 0 Å². The summed E-state index contributed by atoms with van der Waals surface area (Å²) in [5, 5.41) is 5.96.